The molecular weight excluding hydrogens is 187 g/mol. The number of thiophene rings is 1. The lowest BCUT2D eigenvalue weighted by Crippen LogP contribution is -1.88. The molecule has 0 aliphatic heterocycles. The predicted molar refractivity (Wildman–Crippen MR) is 50.9 cm³/mol. The Morgan fingerprint density at radius 1 is 1.38 bits per heavy atom. The van der Waals surface area contributed by atoms with Gasteiger partial charge in [-0.1, -0.05) is 0 Å². The fourth-order valence-electron chi connectivity index (χ4n) is 1.17. The van der Waals surface area contributed by atoms with Crippen LogP contribution in [-0.2, 0) is 0 Å². The maximum absolute atomic E-state index is 12.8. The van der Waals surface area contributed by atoms with E-state index in [2.05, 4.69) is 0 Å². The van der Waals surface area contributed by atoms with Gasteiger partial charge in [0.1, 0.15) is 6.07 Å². The second kappa shape index (κ2) is 2.71. The van der Waals surface area contributed by atoms with Crippen molar-refractivity contribution < 1.29 is 4.39 Å². The van der Waals surface area contributed by atoms with Gasteiger partial charge in [0.05, 0.1) is 11.3 Å². The zero-order valence-corrected chi connectivity index (χ0v) is 7.36. The summed E-state index contributed by atoms with van der Waals surface area (Å²) in [5.41, 5.74) is 6.36. The van der Waals surface area contributed by atoms with Crippen LogP contribution >= 0.6 is 11.3 Å². The maximum Gasteiger partial charge on any atom is 0.177 e. The van der Waals surface area contributed by atoms with Crippen LogP contribution in [-0.4, -0.2) is 0 Å². The molecule has 0 amide bonds. The number of hydrogen-bond donors (Lipinski definition) is 1. The molecule has 0 saturated heterocycles. The van der Waals surface area contributed by atoms with Crippen LogP contribution < -0.4 is 5.73 Å². The smallest absolute Gasteiger partial charge is 0.177 e. The first-order valence-corrected chi connectivity index (χ1v) is 4.41. The van der Waals surface area contributed by atoms with Gasteiger partial charge >= 0.3 is 0 Å². The number of halogens is 1. The van der Waals surface area contributed by atoms with Gasteiger partial charge in [0.15, 0.2) is 5.13 Å². The van der Waals surface area contributed by atoms with E-state index >= 15 is 0 Å². The van der Waals surface area contributed by atoms with Crippen LogP contribution in [0.15, 0.2) is 18.2 Å². The van der Waals surface area contributed by atoms with E-state index in [1.165, 1.54) is 6.07 Å². The lowest BCUT2D eigenvalue weighted by atomic mass is 10.1. The summed E-state index contributed by atoms with van der Waals surface area (Å²) >= 11 is 1.02. The SMILES string of the molecule is N#Cc1cc2sc(F)cc2cc1N. The van der Waals surface area contributed by atoms with Crippen molar-refractivity contribution >= 4 is 27.1 Å². The van der Waals surface area contributed by atoms with Gasteiger partial charge in [-0.15, -0.1) is 11.3 Å². The van der Waals surface area contributed by atoms with Crippen molar-refractivity contribution in [1.82, 2.24) is 0 Å². The molecule has 1 aromatic heterocycles. The summed E-state index contributed by atoms with van der Waals surface area (Å²) in [6.07, 6.45) is 0. The molecule has 2 rings (SSSR count). The molecule has 0 atom stereocenters. The van der Waals surface area contributed by atoms with Crippen molar-refractivity contribution in [2.45, 2.75) is 0 Å². The number of hydrogen-bond acceptors (Lipinski definition) is 3. The molecule has 64 valence electrons. The van der Waals surface area contributed by atoms with Crippen LogP contribution in [0.5, 0.6) is 0 Å². The van der Waals surface area contributed by atoms with Crippen molar-refractivity contribution in [2.75, 3.05) is 5.73 Å². The number of anilines is 1. The molecule has 0 aliphatic rings. The zero-order chi connectivity index (χ0) is 9.42. The summed E-state index contributed by atoms with van der Waals surface area (Å²) in [7, 11) is 0. The third-order valence-electron chi connectivity index (χ3n) is 1.78. The highest BCUT2D eigenvalue weighted by molar-refractivity contribution is 7.17. The first-order chi connectivity index (χ1) is 6.20. The highest BCUT2D eigenvalue weighted by Crippen LogP contribution is 2.28. The van der Waals surface area contributed by atoms with E-state index in [1.807, 2.05) is 6.07 Å². The van der Waals surface area contributed by atoms with E-state index in [-0.39, 0.29) is 5.13 Å². The van der Waals surface area contributed by atoms with Crippen molar-refractivity contribution in [2.24, 2.45) is 0 Å². The fourth-order valence-corrected chi connectivity index (χ4v) is 1.98. The standard InChI is InChI=1S/C9H5FN2S/c10-9-3-5-1-7(12)6(4-11)2-8(5)13-9/h1-3H,12H2. The van der Waals surface area contributed by atoms with Crippen molar-refractivity contribution in [3.05, 3.63) is 28.9 Å². The van der Waals surface area contributed by atoms with E-state index in [0.717, 1.165) is 21.4 Å². The van der Waals surface area contributed by atoms with Gasteiger partial charge in [0.2, 0.25) is 0 Å². The minimum Gasteiger partial charge on any atom is -0.398 e. The van der Waals surface area contributed by atoms with Crippen LogP contribution in [0.2, 0.25) is 0 Å². The quantitative estimate of drug-likeness (QED) is 0.652. The average Bonchev–Trinajstić information content (AvgIpc) is 2.42. The van der Waals surface area contributed by atoms with Gasteiger partial charge < -0.3 is 5.73 Å². The molecule has 0 aliphatic carbocycles. The van der Waals surface area contributed by atoms with Gasteiger partial charge in [-0.2, -0.15) is 9.65 Å². The van der Waals surface area contributed by atoms with E-state index < -0.39 is 0 Å². The topological polar surface area (TPSA) is 49.8 Å². The fraction of sp³-hybridized carbons (Fsp3) is 0. The number of benzene rings is 1. The van der Waals surface area contributed by atoms with Crippen LogP contribution in [0.25, 0.3) is 10.1 Å². The minimum absolute atomic E-state index is 0.260. The van der Waals surface area contributed by atoms with Gasteiger partial charge in [0.25, 0.3) is 0 Å². The Morgan fingerprint density at radius 2 is 2.15 bits per heavy atom. The van der Waals surface area contributed by atoms with Gasteiger partial charge in [-0.3, -0.25) is 0 Å². The minimum atomic E-state index is -0.260. The van der Waals surface area contributed by atoms with E-state index in [0.29, 0.717) is 11.3 Å². The van der Waals surface area contributed by atoms with Gasteiger partial charge in [-0.25, -0.2) is 0 Å². The molecule has 0 fully saturated rings. The summed E-state index contributed by atoms with van der Waals surface area (Å²) in [6, 6.07) is 6.60. The first-order valence-electron chi connectivity index (χ1n) is 3.59. The van der Waals surface area contributed by atoms with Crippen LogP contribution in [0, 0.1) is 16.5 Å². The Kier molecular flexibility index (Phi) is 1.67. The van der Waals surface area contributed by atoms with Crippen molar-refractivity contribution in [1.29, 1.82) is 5.26 Å². The lowest BCUT2D eigenvalue weighted by molar-refractivity contribution is 0.658. The molecule has 0 saturated carbocycles. The molecule has 2 N–H and O–H groups in total. The third kappa shape index (κ3) is 1.23. The molecule has 13 heavy (non-hydrogen) atoms. The Bertz CT molecular complexity index is 510. The number of fused-ring (bicyclic) bond motifs is 1. The molecule has 2 aromatic rings. The Labute approximate surface area is 78.0 Å². The number of nitriles is 1. The second-order valence-corrected chi connectivity index (χ2v) is 3.67. The van der Waals surface area contributed by atoms with Gasteiger partial charge in [-0.05, 0) is 23.6 Å². The summed E-state index contributed by atoms with van der Waals surface area (Å²) < 4.78 is 13.5. The van der Waals surface area contributed by atoms with Crippen LogP contribution in [0.1, 0.15) is 5.56 Å². The maximum atomic E-state index is 12.8. The molecule has 4 heteroatoms. The van der Waals surface area contributed by atoms with E-state index in [9.17, 15) is 4.39 Å². The summed E-state index contributed by atoms with van der Waals surface area (Å²) in [6.45, 7) is 0. The number of nitrogen functional groups attached to an aromatic ring is 1. The summed E-state index contributed by atoms with van der Waals surface area (Å²) in [4.78, 5) is 0. The summed E-state index contributed by atoms with van der Waals surface area (Å²) in [5, 5.41) is 9.15. The Balaban J connectivity index is 2.82. The first kappa shape index (κ1) is 8.02. The highest BCUT2D eigenvalue weighted by atomic mass is 32.1. The average molecular weight is 192 g/mol. The zero-order valence-electron chi connectivity index (χ0n) is 6.54. The molecule has 0 radical (unpaired) electrons. The molecule has 0 unspecified atom stereocenters. The normalized spacial score (nSPS) is 10.2. The van der Waals surface area contributed by atoms with Gasteiger partial charge in [0, 0.05) is 4.70 Å². The molecule has 1 aromatic carbocycles. The van der Waals surface area contributed by atoms with Crippen LogP contribution in [0.4, 0.5) is 10.1 Å². The third-order valence-corrected chi connectivity index (χ3v) is 2.67. The molecular formula is C9H5FN2S. The number of nitrogens with zero attached hydrogens (tertiary/aromatic N) is 1. The van der Waals surface area contributed by atoms with Crippen molar-refractivity contribution in [3.8, 4) is 6.07 Å². The van der Waals surface area contributed by atoms with E-state index in [1.54, 1.807) is 12.1 Å². The van der Waals surface area contributed by atoms with Crippen LogP contribution in [0.3, 0.4) is 0 Å². The largest absolute Gasteiger partial charge is 0.398 e. The molecule has 2 nitrogen and oxygen atoms in total. The molecule has 1 heterocycles. The summed E-state index contributed by atoms with van der Waals surface area (Å²) in [5.74, 6) is 0. The number of nitrogens with two attached hydrogens (primary N) is 1. The van der Waals surface area contributed by atoms with Crippen molar-refractivity contribution in [3.63, 3.8) is 0 Å². The number of rotatable bonds is 0. The molecule has 0 bridgehead atoms. The lowest BCUT2D eigenvalue weighted by Gasteiger charge is -1.95. The van der Waals surface area contributed by atoms with E-state index in [4.69, 9.17) is 11.0 Å². The Morgan fingerprint density at radius 3 is 2.85 bits per heavy atom. The predicted octanol–water partition coefficient (Wildman–Crippen LogP) is 2.49. The monoisotopic (exact) mass is 192 g/mol. The second-order valence-electron chi connectivity index (χ2n) is 2.64. The highest BCUT2D eigenvalue weighted by Gasteiger charge is 2.05. The molecule has 0 spiro atoms. The Hall–Kier alpha value is -1.60.